The summed E-state index contributed by atoms with van der Waals surface area (Å²) in [5.74, 6) is 0.0535. The van der Waals surface area contributed by atoms with Crippen LogP contribution in [0.25, 0.3) is 0 Å². The predicted octanol–water partition coefficient (Wildman–Crippen LogP) is 0.596. The first kappa shape index (κ1) is 13.8. The molecule has 5 heteroatoms. The minimum Gasteiger partial charge on any atom is -0.378 e. The number of nitrogens with one attached hydrogen (secondary N) is 2. The van der Waals surface area contributed by atoms with E-state index in [0.29, 0.717) is 6.54 Å². The van der Waals surface area contributed by atoms with Gasteiger partial charge in [-0.2, -0.15) is 0 Å². The molecule has 0 aromatic heterocycles. The number of carbonyl (C=O) groups is 1. The van der Waals surface area contributed by atoms with Gasteiger partial charge >= 0.3 is 0 Å². The molecule has 1 aromatic carbocycles. The summed E-state index contributed by atoms with van der Waals surface area (Å²) in [5, 5.41) is 6.24. The van der Waals surface area contributed by atoms with E-state index in [0.717, 1.165) is 37.6 Å². The third-order valence-corrected chi connectivity index (χ3v) is 3.22. The van der Waals surface area contributed by atoms with Gasteiger partial charge in [-0.15, -0.1) is 0 Å². The number of rotatable bonds is 4. The summed E-state index contributed by atoms with van der Waals surface area (Å²) >= 11 is 0. The van der Waals surface area contributed by atoms with Crippen molar-refractivity contribution in [2.24, 2.45) is 0 Å². The molecule has 2 N–H and O–H groups in total. The number of benzene rings is 1. The van der Waals surface area contributed by atoms with Gasteiger partial charge in [0.1, 0.15) is 0 Å². The molecule has 0 spiro atoms. The third-order valence-electron chi connectivity index (χ3n) is 3.22. The molecule has 19 heavy (non-hydrogen) atoms. The van der Waals surface area contributed by atoms with Crippen molar-refractivity contribution in [1.82, 2.24) is 10.2 Å². The number of hydrogen-bond donors (Lipinski definition) is 2. The maximum atomic E-state index is 12.0. The maximum absolute atomic E-state index is 12.0. The average Bonchev–Trinajstić information content (AvgIpc) is 2.40. The SMILES string of the molecule is CN(C)c1cccc(NC(=O)CN2CCNCC2)c1. The highest BCUT2D eigenvalue weighted by atomic mass is 16.2. The first-order chi connectivity index (χ1) is 9.15. The second-order valence-corrected chi connectivity index (χ2v) is 5.02. The number of hydrogen-bond acceptors (Lipinski definition) is 4. The molecule has 0 aliphatic carbocycles. The van der Waals surface area contributed by atoms with Crippen molar-refractivity contribution < 1.29 is 4.79 Å². The van der Waals surface area contributed by atoms with E-state index in [1.165, 1.54) is 0 Å². The highest BCUT2D eigenvalue weighted by molar-refractivity contribution is 5.92. The van der Waals surface area contributed by atoms with Gasteiger partial charge in [0.2, 0.25) is 5.91 Å². The fraction of sp³-hybridized carbons (Fsp3) is 0.500. The lowest BCUT2D eigenvalue weighted by molar-refractivity contribution is -0.117. The van der Waals surface area contributed by atoms with Crippen LogP contribution in [-0.4, -0.2) is 57.6 Å². The van der Waals surface area contributed by atoms with Crippen LogP contribution in [0.3, 0.4) is 0 Å². The van der Waals surface area contributed by atoms with Crippen LogP contribution in [0.5, 0.6) is 0 Å². The van der Waals surface area contributed by atoms with E-state index in [9.17, 15) is 4.79 Å². The first-order valence-corrected chi connectivity index (χ1v) is 6.65. The normalized spacial score (nSPS) is 16.1. The smallest absolute Gasteiger partial charge is 0.238 e. The highest BCUT2D eigenvalue weighted by Gasteiger charge is 2.13. The number of amides is 1. The predicted molar refractivity (Wildman–Crippen MR) is 78.7 cm³/mol. The molecule has 5 nitrogen and oxygen atoms in total. The van der Waals surface area contributed by atoms with E-state index < -0.39 is 0 Å². The Bertz CT molecular complexity index is 427. The number of piperazine rings is 1. The molecule has 0 radical (unpaired) electrons. The molecule has 1 amide bonds. The van der Waals surface area contributed by atoms with Crippen molar-refractivity contribution in [2.75, 3.05) is 57.0 Å². The van der Waals surface area contributed by atoms with Gasteiger partial charge in [-0.3, -0.25) is 9.69 Å². The van der Waals surface area contributed by atoms with Crippen molar-refractivity contribution in [1.29, 1.82) is 0 Å². The zero-order chi connectivity index (χ0) is 13.7. The van der Waals surface area contributed by atoms with Gasteiger partial charge in [-0.1, -0.05) is 6.07 Å². The molecule has 104 valence electrons. The Labute approximate surface area is 114 Å². The standard InChI is InChI=1S/C14H22N4O/c1-17(2)13-5-3-4-12(10-13)16-14(19)11-18-8-6-15-7-9-18/h3-5,10,15H,6-9,11H2,1-2H3,(H,16,19). The van der Waals surface area contributed by atoms with Gasteiger partial charge < -0.3 is 15.5 Å². The van der Waals surface area contributed by atoms with Gasteiger partial charge in [-0.05, 0) is 18.2 Å². The fourth-order valence-corrected chi connectivity index (χ4v) is 2.13. The van der Waals surface area contributed by atoms with E-state index in [2.05, 4.69) is 15.5 Å². The van der Waals surface area contributed by atoms with Crippen LogP contribution in [0.15, 0.2) is 24.3 Å². The van der Waals surface area contributed by atoms with Gasteiger partial charge in [0.15, 0.2) is 0 Å². The van der Waals surface area contributed by atoms with Crippen LogP contribution < -0.4 is 15.5 Å². The van der Waals surface area contributed by atoms with E-state index in [1.807, 2.05) is 43.3 Å². The lowest BCUT2D eigenvalue weighted by atomic mass is 10.2. The number of nitrogens with zero attached hydrogens (tertiary/aromatic N) is 2. The molecule has 1 fully saturated rings. The summed E-state index contributed by atoms with van der Waals surface area (Å²) in [7, 11) is 3.98. The minimum atomic E-state index is 0.0535. The van der Waals surface area contributed by atoms with Gasteiger partial charge in [-0.25, -0.2) is 0 Å². The Morgan fingerprint density at radius 2 is 2.11 bits per heavy atom. The molecule has 0 saturated carbocycles. The molecule has 1 aliphatic rings. The zero-order valence-corrected chi connectivity index (χ0v) is 11.6. The molecule has 0 bridgehead atoms. The van der Waals surface area contributed by atoms with Crippen LogP contribution in [0.2, 0.25) is 0 Å². The quantitative estimate of drug-likeness (QED) is 0.834. The van der Waals surface area contributed by atoms with Crippen LogP contribution in [0, 0.1) is 0 Å². The van der Waals surface area contributed by atoms with E-state index in [4.69, 9.17) is 0 Å². The van der Waals surface area contributed by atoms with Crippen molar-refractivity contribution in [3.05, 3.63) is 24.3 Å². The molecule has 1 aliphatic heterocycles. The lowest BCUT2D eigenvalue weighted by Crippen LogP contribution is -2.46. The summed E-state index contributed by atoms with van der Waals surface area (Å²) in [6.07, 6.45) is 0. The number of anilines is 2. The lowest BCUT2D eigenvalue weighted by Gasteiger charge is -2.26. The molecule has 0 atom stereocenters. The van der Waals surface area contributed by atoms with Crippen LogP contribution in [0.4, 0.5) is 11.4 Å². The van der Waals surface area contributed by atoms with E-state index in [-0.39, 0.29) is 5.91 Å². The average molecular weight is 262 g/mol. The first-order valence-electron chi connectivity index (χ1n) is 6.65. The summed E-state index contributed by atoms with van der Waals surface area (Å²) in [4.78, 5) is 16.2. The summed E-state index contributed by atoms with van der Waals surface area (Å²) < 4.78 is 0. The van der Waals surface area contributed by atoms with Crippen LogP contribution in [-0.2, 0) is 4.79 Å². The summed E-state index contributed by atoms with van der Waals surface area (Å²) in [6.45, 7) is 4.26. The maximum Gasteiger partial charge on any atom is 0.238 e. The van der Waals surface area contributed by atoms with Crippen molar-refractivity contribution in [3.8, 4) is 0 Å². The molecule has 2 rings (SSSR count). The minimum absolute atomic E-state index is 0.0535. The van der Waals surface area contributed by atoms with E-state index in [1.54, 1.807) is 0 Å². The topological polar surface area (TPSA) is 47.6 Å². The molecule has 1 aromatic rings. The Morgan fingerprint density at radius 3 is 2.79 bits per heavy atom. The van der Waals surface area contributed by atoms with Gasteiger partial charge in [0.05, 0.1) is 6.54 Å². The molecule has 0 unspecified atom stereocenters. The Morgan fingerprint density at radius 1 is 1.37 bits per heavy atom. The largest absolute Gasteiger partial charge is 0.378 e. The molecule has 1 heterocycles. The Kier molecular flexibility index (Phi) is 4.76. The Hall–Kier alpha value is -1.59. The third kappa shape index (κ3) is 4.22. The van der Waals surface area contributed by atoms with Crippen molar-refractivity contribution in [2.45, 2.75) is 0 Å². The summed E-state index contributed by atoms with van der Waals surface area (Å²) in [6, 6.07) is 7.88. The summed E-state index contributed by atoms with van der Waals surface area (Å²) in [5.41, 5.74) is 1.94. The Balaban J connectivity index is 1.89. The monoisotopic (exact) mass is 262 g/mol. The second kappa shape index (κ2) is 6.54. The van der Waals surface area contributed by atoms with Gasteiger partial charge in [0, 0.05) is 51.6 Å². The molecular weight excluding hydrogens is 240 g/mol. The van der Waals surface area contributed by atoms with Gasteiger partial charge in [0.25, 0.3) is 0 Å². The van der Waals surface area contributed by atoms with Crippen LogP contribution in [0.1, 0.15) is 0 Å². The highest BCUT2D eigenvalue weighted by Crippen LogP contribution is 2.17. The molecular formula is C14H22N4O. The van der Waals surface area contributed by atoms with Crippen molar-refractivity contribution >= 4 is 17.3 Å². The molecule has 1 saturated heterocycles. The van der Waals surface area contributed by atoms with Crippen molar-refractivity contribution in [3.63, 3.8) is 0 Å². The zero-order valence-electron chi connectivity index (χ0n) is 11.6. The van der Waals surface area contributed by atoms with Crippen LogP contribution >= 0.6 is 0 Å². The second-order valence-electron chi connectivity index (χ2n) is 5.02. The number of carbonyl (C=O) groups excluding carboxylic acids is 1. The fourth-order valence-electron chi connectivity index (χ4n) is 2.13. The van der Waals surface area contributed by atoms with E-state index >= 15 is 0 Å².